The molecule has 0 spiro atoms. The number of hydrogen-bond acceptors (Lipinski definition) is 3. The summed E-state index contributed by atoms with van der Waals surface area (Å²) < 4.78 is 18.6. The van der Waals surface area contributed by atoms with Crippen LogP contribution in [0.15, 0.2) is 53.5 Å². The molecule has 0 fully saturated rings. The fourth-order valence-electron chi connectivity index (χ4n) is 2.35. The van der Waals surface area contributed by atoms with Gasteiger partial charge in [-0.15, -0.1) is 0 Å². The predicted molar refractivity (Wildman–Crippen MR) is 105 cm³/mol. The van der Waals surface area contributed by atoms with E-state index >= 15 is 0 Å². The fraction of sp³-hybridized carbons (Fsp3) is 0.300. The molecule has 0 aliphatic rings. The minimum Gasteiger partial charge on any atom is -0.489 e. The van der Waals surface area contributed by atoms with E-state index < -0.39 is 0 Å². The van der Waals surface area contributed by atoms with Crippen molar-refractivity contribution in [1.29, 1.82) is 0 Å². The van der Waals surface area contributed by atoms with Gasteiger partial charge in [0.2, 0.25) is 0 Å². The summed E-state index contributed by atoms with van der Waals surface area (Å²) in [6, 6.07) is 13.3. The molecule has 6 nitrogen and oxygen atoms in total. The number of hydrogen-bond donors (Lipinski definition) is 3. The van der Waals surface area contributed by atoms with Crippen LogP contribution in [-0.2, 0) is 6.54 Å². The number of ether oxygens (including phenoxy) is 1. The Balaban J connectivity index is 1.78. The molecule has 0 aromatic heterocycles. The molecule has 2 aromatic carbocycles. The highest BCUT2D eigenvalue weighted by Gasteiger charge is 2.07. The molecule has 0 radical (unpaired) electrons. The first kappa shape index (κ1) is 20.2. The molecule has 3 N–H and O–H groups in total. The summed E-state index contributed by atoms with van der Waals surface area (Å²) in [6.45, 7) is 3.02. The van der Waals surface area contributed by atoms with Crippen LogP contribution in [-0.4, -0.2) is 38.6 Å². The van der Waals surface area contributed by atoms with Gasteiger partial charge >= 0.3 is 0 Å². The molecule has 0 heterocycles. The second-order valence-corrected chi connectivity index (χ2v) is 5.97. The van der Waals surface area contributed by atoms with E-state index in [1.165, 1.54) is 12.1 Å². The molecule has 27 heavy (non-hydrogen) atoms. The zero-order valence-electron chi connectivity index (χ0n) is 15.8. The Morgan fingerprint density at radius 2 is 1.78 bits per heavy atom. The van der Waals surface area contributed by atoms with Crippen LogP contribution in [0, 0.1) is 5.82 Å². The quantitative estimate of drug-likeness (QED) is 0.515. The monoisotopic (exact) mass is 372 g/mol. The summed E-state index contributed by atoms with van der Waals surface area (Å²) in [4.78, 5) is 15.7. The van der Waals surface area contributed by atoms with Crippen LogP contribution < -0.4 is 20.7 Å². The van der Waals surface area contributed by atoms with Crippen molar-refractivity contribution in [3.8, 4) is 5.75 Å². The van der Waals surface area contributed by atoms with Crippen molar-refractivity contribution in [2.24, 2.45) is 4.99 Å². The highest BCUT2D eigenvalue weighted by atomic mass is 19.1. The number of amides is 1. The van der Waals surface area contributed by atoms with E-state index in [9.17, 15) is 9.18 Å². The maximum Gasteiger partial charge on any atom is 0.251 e. The minimum absolute atomic E-state index is 0.109. The van der Waals surface area contributed by atoms with Gasteiger partial charge in [-0.25, -0.2) is 4.39 Å². The van der Waals surface area contributed by atoms with Gasteiger partial charge in [-0.1, -0.05) is 12.1 Å². The number of carbonyl (C=O) groups excluding carboxylic acids is 1. The molecule has 7 heteroatoms. The lowest BCUT2D eigenvalue weighted by molar-refractivity contribution is 0.0963. The third-order valence-corrected chi connectivity index (χ3v) is 3.83. The Morgan fingerprint density at radius 3 is 2.37 bits per heavy atom. The van der Waals surface area contributed by atoms with Gasteiger partial charge in [0.25, 0.3) is 5.91 Å². The van der Waals surface area contributed by atoms with Crippen LogP contribution in [0.1, 0.15) is 22.8 Å². The summed E-state index contributed by atoms with van der Waals surface area (Å²) in [7, 11) is 3.30. The van der Waals surface area contributed by atoms with Crippen LogP contribution in [0.2, 0.25) is 0 Å². The molecule has 0 aliphatic heterocycles. The maximum atomic E-state index is 12.9. The maximum absolute atomic E-state index is 12.9. The molecule has 144 valence electrons. The zero-order valence-corrected chi connectivity index (χ0v) is 15.8. The zero-order chi connectivity index (χ0) is 19.6. The Kier molecular flexibility index (Phi) is 7.61. The van der Waals surface area contributed by atoms with Crippen LogP contribution in [0.5, 0.6) is 5.75 Å². The van der Waals surface area contributed by atoms with Crippen molar-refractivity contribution >= 4 is 11.9 Å². The lowest BCUT2D eigenvalue weighted by Gasteiger charge is -2.18. The number of nitrogens with zero attached hydrogens (tertiary/aromatic N) is 1. The molecule has 1 atom stereocenters. The van der Waals surface area contributed by atoms with Crippen LogP contribution in [0.4, 0.5) is 4.39 Å². The van der Waals surface area contributed by atoms with E-state index in [2.05, 4.69) is 20.9 Å². The van der Waals surface area contributed by atoms with E-state index in [1.54, 1.807) is 38.4 Å². The first-order valence-corrected chi connectivity index (χ1v) is 8.69. The average Bonchev–Trinajstić information content (AvgIpc) is 2.69. The molecule has 0 saturated heterocycles. The van der Waals surface area contributed by atoms with Crippen molar-refractivity contribution in [3.05, 3.63) is 65.5 Å². The molecule has 0 saturated carbocycles. The second-order valence-electron chi connectivity index (χ2n) is 5.97. The summed E-state index contributed by atoms with van der Waals surface area (Å²) in [6.07, 6.45) is -0.124. The first-order chi connectivity index (χ1) is 13.0. The van der Waals surface area contributed by atoms with E-state index in [4.69, 9.17) is 4.74 Å². The highest BCUT2D eigenvalue weighted by molar-refractivity contribution is 5.93. The third-order valence-electron chi connectivity index (χ3n) is 3.83. The first-order valence-electron chi connectivity index (χ1n) is 8.69. The number of carbonyl (C=O) groups is 1. The number of guanidine groups is 1. The van der Waals surface area contributed by atoms with Crippen molar-refractivity contribution in [2.75, 3.05) is 20.6 Å². The van der Waals surface area contributed by atoms with E-state index in [-0.39, 0.29) is 17.8 Å². The normalized spacial score (nSPS) is 12.2. The number of benzene rings is 2. The largest absolute Gasteiger partial charge is 0.489 e. The number of aliphatic imine (C=N–C) groups is 1. The molecular weight excluding hydrogens is 347 g/mol. The topological polar surface area (TPSA) is 74.8 Å². The van der Waals surface area contributed by atoms with E-state index in [0.29, 0.717) is 30.4 Å². The number of halogens is 1. The van der Waals surface area contributed by atoms with Gasteiger partial charge in [0.05, 0.1) is 6.54 Å². The summed E-state index contributed by atoms with van der Waals surface area (Å²) in [5.41, 5.74) is 1.65. The fourth-order valence-corrected chi connectivity index (χ4v) is 2.35. The molecule has 1 unspecified atom stereocenters. The van der Waals surface area contributed by atoms with Crippen molar-refractivity contribution in [3.63, 3.8) is 0 Å². The van der Waals surface area contributed by atoms with E-state index in [0.717, 1.165) is 5.56 Å². The smallest absolute Gasteiger partial charge is 0.251 e. The number of rotatable bonds is 7. The Hall–Kier alpha value is -3.09. The van der Waals surface area contributed by atoms with Gasteiger partial charge < -0.3 is 20.7 Å². The standard InChI is InChI=1S/C20H25FN4O2/c1-14(27-18-10-8-17(21)9-11-18)12-24-20(23-3)25-13-15-4-6-16(7-5-15)19(26)22-2/h4-11,14H,12-13H2,1-3H3,(H,22,26)(H2,23,24,25). The molecule has 0 aliphatic carbocycles. The van der Waals surface area contributed by atoms with Crippen LogP contribution in [0.3, 0.4) is 0 Å². The average molecular weight is 372 g/mol. The lowest BCUT2D eigenvalue weighted by atomic mass is 10.1. The van der Waals surface area contributed by atoms with Crippen molar-refractivity contribution in [1.82, 2.24) is 16.0 Å². The van der Waals surface area contributed by atoms with Gasteiger partial charge in [0, 0.05) is 26.2 Å². The summed E-state index contributed by atoms with van der Waals surface area (Å²) in [5, 5.41) is 8.99. The summed E-state index contributed by atoms with van der Waals surface area (Å²) in [5.74, 6) is 0.855. The highest BCUT2D eigenvalue weighted by Crippen LogP contribution is 2.12. The Bertz CT molecular complexity index is 761. The Morgan fingerprint density at radius 1 is 1.11 bits per heavy atom. The molecule has 0 bridgehead atoms. The summed E-state index contributed by atoms with van der Waals surface area (Å²) >= 11 is 0. The third kappa shape index (κ3) is 6.62. The van der Waals surface area contributed by atoms with Gasteiger partial charge in [0.1, 0.15) is 17.7 Å². The van der Waals surface area contributed by atoms with Crippen LogP contribution >= 0.6 is 0 Å². The van der Waals surface area contributed by atoms with Gasteiger partial charge in [0.15, 0.2) is 5.96 Å². The van der Waals surface area contributed by atoms with Crippen molar-refractivity contribution < 1.29 is 13.9 Å². The SMILES string of the molecule is CN=C(NCc1ccc(C(=O)NC)cc1)NCC(C)Oc1ccc(F)cc1. The molecule has 2 aromatic rings. The molecule has 2 rings (SSSR count). The Labute approximate surface area is 158 Å². The number of nitrogens with one attached hydrogen (secondary N) is 3. The predicted octanol–water partition coefficient (Wildman–Crippen LogP) is 2.32. The van der Waals surface area contributed by atoms with Gasteiger partial charge in [-0.3, -0.25) is 9.79 Å². The lowest BCUT2D eigenvalue weighted by Crippen LogP contribution is -2.41. The van der Waals surface area contributed by atoms with E-state index in [1.807, 2.05) is 19.1 Å². The minimum atomic E-state index is -0.291. The van der Waals surface area contributed by atoms with Gasteiger partial charge in [-0.2, -0.15) is 0 Å². The van der Waals surface area contributed by atoms with Crippen molar-refractivity contribution in [2.45, 2.75) is 19.6 Å². The van der Waals surface area contributed by atoms with Crippen LogP contribution in [0.25, 0.3) is 0 Å². The molecular formula is C20H25FN4O2. The molecule has 1 amide bonds. The van der Waals surface area contributed by atoms with Gasteiger partial charge in [-0.05, 0) is 48.9 Å². The second kappa shape index (κ2) is 10.2.